The lowest BCUT2D eigenvalue weighted by Crippen LogP contribution is -2.42. The van der Waals surface area contributed by atoms with Crippen LogP contribution in [0.1, 0.15) is 22.8 Å². The Kier molecular flexibility index (Phi) is 3.86. The second kappa shape index (κ2) is 6.31. The number of hydrogen-bond donors (Lipinski definition) is 2. The van der Waals surface area contributed by atoms with Crippen molar-refractivity contribution in [3.63, 3.8) is 0 Å². The Hall–Kier alpha value is -2.39. The average molecular weight is 443 g/mol. The first-order chi connectivity index (χ1) is 14.5. The minimum absolute atomic E-state index is 0.00350. The number of carbonyl (C=O) groups excluding carboxylic acids is 2. The Labute approximate surface area is 179 Å². The summed E-state index contributed by atoms with van der Waals surface area (Å²) in [6.07, 6.45) is 0.804. The predicted molar refractivity (Wildman–Crippen MR) is 109 cm³/mol. The van der Waals surface area contributed by atoms with Gasteiger partial charge in [-0.05, 0) is 29.7 Å². The van der Waals surface area contributed by atoms with Crippen LogP contribution in [-0.2, 0) is 14.4 Å². The number of thiazole rings is 1. The molecule has 2 aromatic rings. The Morgan fingerprint density at radius 3 is 2.50 bits per heavy atom. The van der Waals surface area contributed by atoms with E-state index >= 15 is 0 Å². The summed E-state index contributed by atoms with van der Waals surface area (Å²) < 4.78 is 0. The third kappa shape index (κ3) is 2.33. The number of aliphatic carboxylic acids is 1. The van der Waals surface area contributed by atoms with Gasteiger partial charge in [0.25, 0.3) is 0 Å². The van der Waals surface area contributed by atoms with Crippen LogP contribution in [-0.4, -0.2) is 44.6 Å². The van der Waals surface area contributed by atoms with E-state index < -0.39 is 24.3 Å². The van der Waals surface area contributed by atoms with Crippen LogP contribution in [0, 0.1) is 29.6 Å². The van der Waals surface area contributed by atoms with E-state index in [1.165, 1.54) is 11.3 Å². The summed E-state index contributed by atoms with van der Waals surface area (Å²) in [7, 11) is 0. The Bertz CT molecular complexity index is 1140. The van der Waals surface area contributed by atoms with Gasteiger partial charge in [0.2, 0.25) is 11.8 Å². The molecule has 2 aliphatic heterocycles. The molecule has 7 atom stereocenters. The van der Waals surface area contributed by atoms with Crippen LogP contribution in [0.2, 0.25) is 0 Å². The molecule has 154 valence electrons. The molecule has 6 rings (SSSR count). The number of carboxylic acid groups (broad SMARTS) is 1. The molecule has 1 saturated heterocycles. The molecule has 2 saturated carbocycles. The summed E-state index contributed by atoms with van der Waals surface area (Å²) in [5.74, 6) is -2.52. The topological polar surface area (TPSA) is 108 Å². The fraction of sp³-hybridized carbons (Fsp3) is 0.429. The molecule has 3 fully saturated rings. The third-order valence-electron chi connectivity index (χ3n) is 7.27. The highest BCUT2D eigenvalue weighted by atomic mass is 32.2. The summed E-state index contributed by atoms with van der Waals surface area (Å²) in [6.45, 7) is -0.560. The molecule has 4 aliphatic rings. The zero-order valence-corrected chi connectivity index (χ0v) is 17.3. The molecule has 2 N–H and O–H groups in total. The van der Waals surface area contributed by atoms with Crippen molar-refractivity contribution in [2.24, 2.45) is 29.6 Å². The van der Waals surface area contributed by atoms with Gasteiger partial charge in [0.15, 0.2) is 0 Å². The van der Waals surface area contributed by atoms with Crippen LogP contribution in [0.5, 0.6) is 0 Å². The standard InChI is InChI=1S/C21H18N2O5S2/c24-11(25)7-23-19(26)14-9-6-10(15(14)20(23)27)16-13(9)12(8-4-2-1-3-5-8)17-18(29-16)22-21(28)30-17/h1-5,9-10,12-16H,6-7H2,(H,22,28)(H,24,25)/t9-,10-,12-,13-,14+,15-,16+/m1/s1. The number of hydrogen-bond acceptors (Lipinski definition) is 6. The van der Waals surface area contributed by atoms with Crippen molar-refractivity contribution in [3.8, 4) is 0 Å². The second-order valence-electron chi connectivity index (χ2n) is 8.53. The van der Waals surface area contributed by atoms with Gasteiger partial charge in [-0.1, -0.05) is 41.7 Å². The van der Waals surface area contributed by atoms with Crippen molar-refractivity contribution in [2.45, 2.75) is 22.6 Å². The smallest absolute Gasteiger partial charge is 0.323 e. The number of benzene rings is 1. The predicted octanol–water partition coefficient (Wildman–Crippen LogP) is 1.99. The van der Waals surface area contributed by atoms with Gasteiger partial charge >= 0.3 is 10.8 Å². The van der Waals surface area contributed by atoms with Gasteiger partial charge < -0.3 is 10.1 Å². The van der Waals surface area contributed by atoms with E-state index in [1.807, 2.05) is 18.2 Å². The zero-order valence-electron chi connectivity index (χ0n) is 15.7. The molecule has 0 radical (unpaired) electrons. The number of carboxylic acids is 1. The molecule has 2 amide bonds. The quantitative estimate of drug-likeness (QED) is 0.704. The number of imide groups is 1. The first kappa shape index (κ1) is 18.4. The normalized spacial score (nSPS) is 36.0. The maximum atomic E-state index is 13.1. The summed E-state index contributed by atoms with van der Waals surface area (Å²) >= 11 is 2.87. The Morgan fingerprint density at radius 1 is 1.10 bits per heavy atom. The largest absolute Gasteiger partial charge is 0.480 e. The molecule has 0 unspecified atom stereocenters. The molecule has 30 heavy (non-hydrogen) atoms. The van der Waals surface area contributed by atoms with Gasteiger partial charge in [0.1, 0.15) is 6.54 Å². The maximum Gasteiger partial charge on any atom is 0.323 e. The number of H-pyrrole nitrogens is 1. The number of rotatable bonds is 3. The van der Waals surface area contributed by atoms with E-state index in [4.69, 9.17) is 5.11 Å². The fourth-order valence-electron chi connectivity index (χ4n) is 6.40. The summed E-state index contributed by atoms with van der Waals surface area (Å²) in [4.78, 5) is 54.3. The summed E-state index contributed by atoms with van der Waals surface area (Å²) in [5.41, 5.74) is 1.12. The molecule has 1 aromatic carbocycles. The highest BCUT2D eigenvalue weighted by molar-refractivity contribution is 8.00. The van der Waals surface area contributed by atoms with Crippen LogP contribution in [0.15, 0.2) is 40.2 Å². The number of nitrogens with one attached hydrogen (secondary N) is 1. The molecule has 0 spiro atoms. The van der Waals surface area contributed by atoms with Gasteiger partial charge in [-0.3, -0.25) is 24.1 Å². The molecule has 1 aromatic heterocycles. The Morgan fingerprint density at radius 2 is 1.80 bits per heavy atom. The second-order valence-corrected chi connectivity index (χ2v) is 10.7. The summed E-state index contributed by atoms with van der Waals surface area (Å²) in [6, 6.07) is 10.0. The zero-order chi connectivity index (χ0) is 20.7. The average Bonchev–Trinajstić information content (AvgIpc) is 3.44. The van der Waals surface area contributed by atoms with Gasteiger partial charge in [0.05, 0.1) is 16.9 Å². The number of thioether (sulfide) groups is 1. The highest BCUT2D eigenvalue weighted by Gasteiger charge is 2.69. The lowest BCUT2D eigenvalue weighted by molar-refractivity contribution is -0.149. The number of aromatic amines is 1. The number of fused-ring (bicyclic) bond motifs is 9. The first-order valence-corrected chi connectivity index (χ1v) is 11.7. The van der Waals surface area contributed by atoms with E-state index in [1.54, 1.807) is 11.8 Å². The molecule has 2 aliphatic carbocycles. The number of likely N-dealkylation sites (tertiary alicyclic amines) is 1. The van der Waals surface area contributed by atoms with Crippen LogP contribution >= 0.6 is 23.1 Å². The van der Waals surface area contributed by atoms with Crippen molar-refractivity contribution in [3.05, 3.63) is 50.4 Å². The molecule has 2 bridgehead atoms. The minimum atomic E-state index is -1.17. The first-order valence-electron chi connectivity index (χ1n) is 9.97. The van der Waals surface area contributed by atoms with Crippen LogP contribution in [0.25, 0.3) is 0 Å². The van der Waals surface area contributed by atoms with Gasteiger partial charge in [-0.15, -0.1) is 11.8 Å². The van der Waals surface area contributed by atoms with Crippen LogP contribution in [0.3, 0.4) is 0 Å². The van der Waals surface area contributed by atoms with E-state index in [-0.39, 0.29) is 45.6 Å². The van der Waals surface area contributed by atoms with Crippen molar-refractivity contribution in [2.75, 3.05) is 6.54 Å². The van der Waals surface area contributed by atoms with E-state index in [9.17, 15) is 19.2 Å². The van der Waals surface area contributed by atoms with Gasteiger partial charge in [-0.25, -0.2) is 0 Å². The SMILES string of the molecule is O=C(O)CN1C(=O)[C@@H]2[C@H]3C[C@@H]([C@@H]2C1=O)[C@@H]1[C@@H](c2ccccc2)c2sc(=O)[nH]c2S[C@@H]31. The number of amides is 2. The fourth-order valence-corrected chi connectivity index (χ4v) is 9.29. The van der Waals surface area contributed by atoms with E-state index in [0.29, 0.717) is 0 Å². The maximum absolute atomic E-state index is 13.1. The molecule has 3 heterocycles. The number of carbonyl (C=O) groups is 3. The van der Waals surface area contributed by atoms with Crippen LogP contribution in [0.4, 0.5) is 0 Å². The molecular weight excluding hydrogens is 424 g/mol. The summed E-state index contributed by atoms with van der Waals surface area (Å²) in [5, 5.41) is 10.2. The Balaban J connectivity index is 1.45. The lowest BCUT2D eigenvalue weighted by atomic mass is 9.68. The van der Waals surface area contributed by atoms with Crippen molar-refractivity contribution in [1.82, 2.24) is 9.88 Å². The van der Waals surface area contributed by atoms with E-state index in [2.05, 4.69) is 17.1 Å². The van der Waals surface area contributed by atoms with Crippen molar-refractivity contribution in [1.29, 1.82) is 0 Å². The van der Waals surface area contributed by atoms with Gasteiger partial charge in [-0.2, -0.15) is 0 Å². The monoisotopic (exact) mass is 442 g/mol. The molecule has 9 heteroatoms. The van der Waals surface area contributed by atoms with E-state index in [0.717, 1.165) is 26.8 Å². The molecular formula is C21H18N2O5S2. The lowest BCUT2D eigenvalue weighted by Gasteiger charge is -2.43. The minimum Gasteiger partial charge on any atom is -0.480 e. The van der Waals surface area contributed by atoms with Crippen LogP contribution < -0.4 is 4.87 Å². The third-order valence-corrected chi connectivity index (χ3v) is 9.86. The molecule has 7 nitrogen and oxygen atoms in total. The van der Waals surface area contributed by atoms with Gasteiger partial charge in [0, 0.05) is 16.0 Å². The van der Waals surface area contributed by atoms with Crippen molar-refractivity contribution < 1.29 is 19.5 Å². The highest BCUT2D eigenvalue weighted by Crippen LogP contribution is 2.68. The number of aromatic nitrogens is 1. The van der Waals surface area contributed by atoms with Crippen molar-refractivity contribution >= 4 is 40.9 Å². The number of nitrogens with zero attached hydrogens (tertiary/aromatic N) is 1.